The van der Waals surface area contributed by atoms with Gasteiger partial charge in [0.1, 0.15) is 5.54 Å². The lowest BCUT2D eigenvalue weighted by Crippen LogP contribution is -2.50. The number of rotatable bonds is 6. The molecular formula is C19H23N3O2. The van der Waals surface area contributed by atoms with Crippen molar-refractivity contribution in [2.24, 2.45) is 5.73 Å². The second-order valence-corrected chi connectivity index (χ2v) is 5.95. The van der Waals surface area contributed by atoms with E-state index in [2.05, 4.69) is 10.6 Å². The molecule has 2 rings (SSSR count). The first-order valence-corrected chi connectivity index (χ1v) is 7.89. The average Bonchev–Trinajstić information content (AvgIpc) is 2.59. The predicted molar refractivity (Wildman–Crippen MR) is 94.5 cm³/mol. The van der Waals surface area contributed by atoms with Crippen LogP contribution in [0.1, 0.15) is 28.4 Å². The van der Waals surface area contributed by atoms with Gasteiger partial charge in [-0.3, -0.25) is 9.59 Å². The molecule has 0 bridgehead atoms. The van der Waals surface area contributed by atoms with Gasteiger partial charge in [-0.1, -0.05) is 48.0 Å². The fourth-order valence-electron chi connectivity index (χ4n) is 2.26. The average molecular weight is 325 g/mol. The fourth-order valence-corrected chi connectivity index (χ4v) is 2.26. The molecule has 0 aliphatic heterocycles. The van der Waals surface area contributed by atoms with Crippen molar-refractivity contribution in [2.75, 3.05) is 13.1 Å². The first-order valence-electron chi connectivity index (χ1n) is 7.89. The SMILES string of the molecule is Cc1ccc(C(=O)NCCNC(=O)C(C)(N)c2ccccc2)cc1. The molecule has 0 saturated carbocycles. The van der Waals surface area contributed by atoms with Crippen LogP contribution in [-0.4, -0.2) is 24.9 Å². The monoisotopic (exact) mass is 325 g/mol. The summed E-state index contributed by atoms with van der Waals surface area (Å²) in [4.78, 5) is 24.2. The van der Waals surface area contributed by atoms with E-state index in [0.29, 0.717) is 18.7 Å². The zero-order chi connectivity index (χ0) is 17.6. The molecule has 0 aliphatic rings. The summed E-state index contributed by atoms with van der Waals surface area (Å²) in [6.45, 7) is 4.29. The quantitative estimate of drug-likeness (QED) is 0.707. The first kappa shape index (κ1) is 17.7. The van der Waals surface area contributed by atoms with Crippen molar-refractivity contribution in [1.82, 2.24) is 10.6 Å². The molecular weight excluding hydrogens is 302 g/mol. The maximum atomic E-state index is 12.3. The van der Waals surface area contributed by atoms with E-state index in [0.717, 1.165) is 11.1 Å². The largest absolute Gasteiger partial charge is 0.352 e. The van der Waals surface area contributed by atoms with Gasteiger partial charge < -0.3 is 16.4 Å². The molecule has 0 radical (unpaired) electrons. The Bertz CT molecular complexity index is 694. The van der Waals surface area contributed by atoms with Crippen LogP contribution < -0.4 is 16.4 Å². The Kier molecular flexibility index (Phi) is 5.71. The van der Waals surface area contributed by atoms with Crippen molar-refractivity contribution in [3.8, 4) is 0 Å². The Labute approximate surface area is 142 Å². The van der Waals surface area contributed by atoms with E-state index in [1.165, 1.54) is 0 Å². The van der Waals surface area contributed by atoms with E-state index in [9.17, 15) is 9.59 Å². The summed E-state index contributed by atoms with van der Waals surface area (Å²) in [5.74, 6) is -0.443. The summed E-state index contributed by atoms with van der Waals surface area (Å²) in [7, 11) is 0. The van der Waals surface area contributed by atoms with Gasteiger partial charge in [0, 0.05) is 18.7 Å². The van der Waals surface area contributed by atoms with Gasteiger partial charge in [0.15, 0.2) is 0 Å². The van der Waals surface area contributed by atoms with Gasteiger partial charge in [0.2, 0.25) is 5.91 Å². The van der Waals surface area contributed by atoms with E-state index in [1.54, 1.807) is 19.1 Å². The van der Waals surface area contributed by atoms with Gasteiger partial charge in [-0.05, 0) is 31.5 Å². The van der Waals surface area contributed by atoms with Crippen molar-refractivity contribution in [2.45, 2.75) is 19.4 Å². The molecule has 5 heteroatoms. The summed E-state index contributed by atoms with van der Waals surface area (Å²) >= 11 is 0. The van der Waals surface area contributed by atoms with Gasteiger partial charge in [-0.15, -0.1) is 0 Å². The fraction of sp³-hybridized carbons (Fsp3) is 0.263. The summed E-state index contributed by atoms with van der Waals surface area (Å²) in [6, 6.07) is 16.5. The van der Waals surface area contributed by atoms with Crippen LogP contribution in [0.15, 0.2) is 54.6 Å². The predicted octanol–water partition coefficient (Wildman–Crippen LogP) is 1.72. The van der Waals surface area contributed by atoms with Crippen LogP contribution in [0, 0.1) is 6.92 Å². The van der Waals surface area contributed by atoms with Crippen LogP contribution in [0.2, 0.25) is 0 Å². The third-order valence-electron chi connectivity index (χ3n) is 3.86. The Morgan fingerprint density at radius 3 is 2.17 bits per heavy atom. The third kappa shape index (κ3) is 4.43. The molecule has 2 aromatic rings. The van der Waals surface area contributed by atoms with Gasteiger partial charge in [0.05, 0.1) is 0 Å². The highest BCUT2D eigenvalue weighted by Crippen LogP contribution is 2.17. The molecule has 0 heterocycles. The van der Waals surface area contributed by atoms with E-state index in [1.807, 2.05) is 49.4 Å². The van der Waals surface area contributed by atoms with Crippen LogP contribution in [0.3, 0.4) is 0 Å². The first-order chi connectivity index (χ1) is 11.4. The Morgan fingerprint density at radius 2 is 1.54 bits per heavy atom. The summed E-state index contributed by atoms with van der Waals surface area (Å²) in [6.07, 6.45) is 0. The molecule has 0 saturated heterocycles. The number of carbonyl (C=O) groups excluding carboxylic acids is 2. The maximum Gasteiger partial charge on any atom is 0.251 e. The van der Waals surface area contributed by atoms with Gasteiger partial charge in [-0.2, -0.15) is 0 Å². The highest BCUT2D eigenvalue weighted by atomic mass is 16.2. The van der Waals surface area contributed by atoms with E-state index < -0.39 is 5.54 Å². The number of benzene rings is 2. The lowest BCUT2D eigenvalue weighted by molar-refractivity contribution is -0.126. The molecule has 2 amide bonds. The number of hydrogen-bond acceptors (Lipinski definition) is 3. The minimum absolute atomic E-state index is 0.164. The third-order valence-corrected chi connectivity index (χ3v) is 3.86. The molecule has 0 spiro atoms. The van der Waals surface area contributed by atoms with Crippen LogP contribution >= 0.6 is 0 Å². The van der Waals surface area contributed by atoms with Crippen molar-refractivity contribution < 1.29 is 9.59 Å². The molecule has 0 fully saturated rings. The van der Waals surface area contributed by atoms with Gasteiger partial charge in [-0.25, -0.2) is 0 Å². The number of nitrogens with one attached hydrogen (secondary N) is 2. The lowest BCUT2D eigenvalue weighted by atomic mass is 9.92. The molecule has 4 N–H and O–H groups in total. The maximum absolute atomic E-state index is 12.3. The lowest BCUT2D eigenvalue weighted by Gasteiger charge is -2.24. The van der Waals surface area contributed by atoms with Crippen molar-refractivity contribution in [1.29, 1.82) is 0 Å². The normalized spacial score (nSPS) is 13.0. The van der Waals surface area contributed by atoms with Crippen molar-refractivity contribution in [3.63, 3.8) is 0 Å². The molecule has 2 aromatic carbocycles. The molecule has 24 heavy (non-hydrogen) atoms. The highest BCUT2D eigenvalue weighted by molar-refractivity contribution is 5.94. The molecule has 0 aromatic heterocycles. The van der Waals surface area contributed by atoms with Crippen LogP contribution in [-0.2, 0) is 10.3 Å². The number of hydrogen-bond donors (Lipinski definition) is 3. The number of amides is 2. The zero-order valence-electron chi connectivity index (χ0n) is 14.0. The van der Waals surface area contributed by atoms with Crippen LogP contribution in [0.5, 0.6) is 0 Å². The summed E-state index contributed by atoms with van der Waals surface area (Å²) in [5.41, 5.74) is 7.46. The number of aryl methyl sites for hydroxylation is 1. The molecule has 1 unspecified atom stereocenters. The minimum atomic E-state index is -1.11. The smallest absolute Gasteiger partial charge is 0.251 e. The standard InChI is InChI=1S/C19H23N3O2/c1-14-8-10-15(11-9-14)17(23)21-12-13-22-18(24)19(2,20)16-6-4-3-5-7-16/h3-11H,12-13,20H2,1-2H3,(H,21,23)(H,22,24). The van der Waals surface area contributed by atoms with Gasteiger partial charge >= 0.3 is 0 Å². The Hall–Kier alpha value is -2.66. The molecule has 5 nitrogen and oxygen atoms in total. The van der Waals surface area contributed by atoms with Gasteiger partial charge in [0.25, 0.3) is 5.91 Å². The Morgan fingerprint density at radius 1 is 0.958 bits per heavy atom. The second-order valence-electron chi connectivity index (χ2n) is 5.95. The van der Waals surface area contributed by atoms with Crippen molar-refractivity contribution in [3.05, 3.63) is 71.3 Å². The van der Waals surface area contributed by atoms with E-state index in [-0.39, 0.29) is 11.8 Å². The molecule has 0 aliphatic carbocycles. The summed E-state index contributed by atoms with van der Waals surface area (Å²) in [5, 5.41) is 5.53. The number of carbonyl (C=O) groups is 2. The van der Waals surface area contributed by atoms with E-state index in [4.69, 9.17) is 5.73 Å². The topological polar surface area (TPSA) is 84.2 Å². The van der Waals surface area contributed by atoms with Crippen LogP contribution in [0.4, 0.5) is 0 Å². The summed E-state index contributed by atoms with van der Waals surface area (Å²) < 4.78 is 0. The van der Waals surface area contributed by atoms with Crippen LogP contribution in [0.25, 0.3) is 0 Å². The minimum Gasteiger partial charge on any atom is -0.352 e. The number of nitrogens with two attached hydrogens (primary N) is 1. The highest BCUT2D eigenvalue weighted by Gasteiger charge is 2.29. The second kappa shape index (κ2) is 7.75. The zero-order valence-corrected chi connectivity index (χ0v) is 14.0. The van der Waals surface area contributed by atoms with Crippen molar-refractivity contribution >= 4 is 11.8 Å². The molecule has 1 atom stereocenters. The Balaban J connectivity index is 1.80. The molecule has 126 valence electrons. The van der Waals surface area contributed by atoms with E-state index >= 15 is 0 Å².